The smallest absolute Gasteiger partial charge is 0.306 e. The van der Waals surface area contributed by atoms with Gasteiger partial charge >= 0.3 is 5.97 Å². The molecule has 2 aliphatic heterocycles. The average Bonchev–Trinajstić information content (AvgIpc) is 3.08. The average molecular weight is 356 g/mol. The minimum absolute atomic E-state index is 0.00737. The molecule has 2 saturated heterocycles. The van der Waals surface area contributed by atoms with Gasteiger partial charge in [0, 0.05) is 23.7 Å². The van der Waals surface area contributed by atoms with Gasteiger partial charge < -0.3 is 9.47 Å². The second kappa shape index (κ2) is 4.45. The molecule has 6 rings (SSSR count). The third-order valence-corrected chi connectivity index (χ3v) is 9.67. The van der Waals surface area contributed by atoms with Gasteiger partial charge in [-0.3, -0.25) is 9.59 Å². The lowest BCUT2D eigenvalue weighted by molar-refractivity contribution is -0.164. The minimum atomic E-state index is -0.244. The molecular weight excluding hydrogens is 328 g/mol. The van der Waals surface area contributed by atoms with Crippen LogP contribution in [0.5, 0.6) is 0 Å². The Kier molecular flexibility index (Phi) is 2.72. The normalized spacial score (nSPS) is 57.0. The highest BCUT2D eigenvalue weighted by atomic mass is 16.6. The summed E-state index contributed by atoms with van der Waals surface area (Å²) in [6.07, 6.45) is 10.6. The zero-order valence-corrected chi connectivity index (χ0v) is 15.8. The van der Waals surface area contributed by atoms with Crippen LogP contribution < -0.4 is 0 Å². The number of carbonyl (C=O) groups excluding carboxylic acids is 2. The standard InChI is InChI=1S/C22H28O4/c1-19-8-5-14(23)11-13(19)3-4-16-15-6-9-21(10-7-18(24)26-21)20(15,2)12-17-22(16,19)25-17/h11,15-17H,3-10,12H2,1-2H3/t15?,16?,17-,19+,20+,21-,22+/m1/s1. The molecule has 0 N–H and O–H groups in total. The van der Waals surface area contributed by atoms with Crippen LogP contribution in [0.3, 0.4) is 0 Å². The number of ether oxygens (including phenoxy) is 2. The maximum atomic E-state index is 12.0. The summed E-state index contributed by atoms with van der Waals surface area (Å²) in [5.74, 6) is 1.40. The van der Waals surface area contributed by atoms with Crippen molar-refractivity contribution in [2.24, 2.45) is 22.7 Å². The van der Waals surface area contributed by atoms with Crippen LogP contribution in [0.2, 0.25) is 0 Å². The molecular formula is C22H28O4. The Morgan fingerprint density at radius 2 is 1.85 bits per heavy atom. The fourth-order valence-electron chi connectivity index (χ4n) is 8.30. The predicted molar refractivity (Wildman–Crippen MR) is 94.3 cm³/mol. The van der Waals surface area contributed by atoms with Crippen molar-refractivity contribution < 1.29 is 19.1 Å². The van der Waals surface area contributed by atoms with Gasteiger partial charge in [-0.15, -0.1) is 0 Å². The van der Waals surface area contributed by atoms with Gasteiger partial charge in [0.05, 0.1) is 6.10 Å². The molecule has 140 valence electrons. The lowest BCUT2D eigenvalue weighted by Gasteiger charge is -2.56. The Hall–Kier alpha value is -1.16. The van der Waals surface area contributed by atoms with Gasteiger partial charge in [0.1, 0.15) is 11.2 Å². The van der Waals surface area contributed by atoms with Crippen molar-refractivity contribution in [2.75, 3.05) is 0 Å². The molecule has 0 amide bonds. The molecule has 2 heterocycles. The second-order valence-corrected chi connectivity index (χ2v) is 10.2. The van der Waals surface area contributed by atoms with Crippen molar-refractivity contribution in [3.63, 3.8) is 0 Å². The van der Waals surface area contributed by atoms with Gasteiger partial charge in [-0.05, 0) is 62.9 Å². The van der Waals surface area contributed by atoms with Gasteiger partial charge in [-0.2, -0.15) is 0 Å². The molecule has 6 aliphatic rings. The molecule has 3 saturated carbocycles. The van der Waals surface area contributed by atoms with Crippen molar-refractivity contribution in [3.05, 3.63) is 11.6 Å². The van der Waals surface area contributed by atoms with Crippen molar-refractivity contribution >= 4 is 11.8 Å². The van der Waals surface area contributed by atoms with Crippen LogP contribution in [-0.4, -0.2) is 29.1 Å². The molecule has 0 aromatic carbocycles. The van der Waals surface area contributed by atoms with Crippen LogP contribution in [0.15, 0.2) is 11.6 Å². The summed E-state index contributed by atoms with van der Waals surface area (Å²) in [6, 6.07) is 0. The highest BCUT2D eigenvalue weighted by Crippen LogP contribution is 2.77. The van der Waals surface area contributed by atoms with E-state index in [2.05, 4.69) is 13.8 Å². The topological polar surface area (TPSA) is 55.9 Å². The van der Waals surface area contributed by atoms with Crippen LogP contribution in [-0.2, 0) is 19.1 Å². The van der Waals surface area contributed by atoms with E-state index in [1.54, 1.807) is 0 Å². The first-order valence-corrected chi connectivity index (χ1v) is 10.5. The van der Waals surface area contributed by atoms with Gasteiger partial charge in [0.25, 0.3) is 0 Å². The fraction of sp³-hybridized carbons (Fsp3) is 0.818. The number of hydrogen-bond acceptors (Lipinski definition) is 4. The SMILES string of the molecule is C[C@]12CCC(=O)C=C1CCC1C3CC[C@@]4(CCC(=O)O4)[C@@]3(C)C[C@H]3O[C@@]132. The van der Waals surface area contributed by atoms with Gasteiger partial charge in [0.2, 0.25) is 0 Å². The molecule has 5 fully saturated rings. The molecule has 0 aromatic heterocycles. The van der Waals surface area contributed by atoms with E-state index in [-0.39, 0.29) is 34.1 Å². The summed E-state index contributed by atoms with van der Waals surface area (Å²) in [6.45, 7) is 4.74. The molecule has 0 bridgehead atoms. The largest absolute Gasteiger partial charge is 0.458 e. The maximum Gasteiger partial charge on any atom is 0.306 e. The van der Waals surface area contributed by atoms with E-state index in [4.69, 9.17) is 9.47 Å². The Morgan fingerprint density at radius 3 is 2.62 bits per heavy atom. The molecule has 4 heteroatoms. The number of hydrogen-bond donors (Lipinski definition) is 0. The van der Waals surface area contributed by atoms with Gasteiger partial charge in [-0.25, -0.2) is 0 Å². The van der Waals surface area contributed by atoms with Gasteiger partial charge in [0.15, 0.2) is 5.78 Å². The third-order valence-electron chi connectivity index (χ3n) is 9.67. The zero-order valence-electron chi connectivity index (χ0n) is 15.8. The lowest BCUT2D eigenvalue weighted by Crippen LogP contribution is -2.59. The van der Waals surface area contributed by atoms with Crippen LogP contribution in [0, 0.1) is 22.7 Å². The van der Waals surface area contributed by atoms with E-state index in [0.717, 1.165) is 44.9 Å². The molecule has 2 spiro atoms. The maximum absolute atomic E-state index is 12.0. The van der Waals surface area contributed by atoms with Crippen LogP contribution in [0.25, 0.3) is 0 Å². The van der Waals surface area contributed by atoms with Crippen molar-refractivity contribution in [2.45, 2.75) is 88.9 Å². The highest BCUT2D eigenvalue weighted by Gasteiger charge is 2.81. The Balaban J connectivity index is 1.42. The highest BCUT2D eigenvalue weighted by molar-refractivity contribution is 5.91. The Morgan fingerprint density at radius 1 is 1.00 bits per heavy atom. The van der Waals surface area contributed by atoms with E-state index >= 15 is 0 Å². The Bertz CT molecular complexity index is 770. The minimum Gasteiger partial charge on any atom is -0.458 e. The van der Waals surface area contributed by atoms with E-state index in [1.807, 2.05) is 6.08 Å². The van der Waals surface area contributed by atoms with Crippen LogP contribution >= 0.6 is 0 Å². The number of ketones is 1. The number of epoxide rings is 1. The summed E-state index contributed by atoms with van der Waals surface area (Å²) in [5, 5.41) is 0. The molecule has 7 atom stereocenters. The first kappa shape index (κ1) is 15.9. The summed E-state index contributed by atoms with van der Waals surface area (Å²) < 4.78 is 12.6. The first-order valence-electron chi connectivity index (χ1n) is 10.5. The molecule has 0 aromatic rings. The van der Waals surface area contributed by atoms with E-state index < -0.39 is 0 Å². The summed E-state index contributed by atoms with van der Waals surface area (Å²) in [7, 11) is 0. The number of rotatable bonds is 0. The molecule has 2 unspecified atom stereocenters. The predicted octanol–water partition coefficient (Wildman–Crippen LogP) is 3.73. The summed E-state index contributed by atoms with van der Waals surface area (Å²) in [5.41, 5.74) is 1.12. The fourth-order valence-corrected chi connectivity index (χ4v) is 8.30. The van der Waals surface area contributed by atoms with Crippen molar-refractivity contribution in [1.29, 1.82) is 0 Å². The molecule has 26 heavy (non-hydrogen) atoms. The first-order chi connectivity index (χ1) is 12.3. The molecule has 4 nitrogen and oxygen atoms in total. The van der Waals surface area contributed by atoms with E-state index in [9.17, 15) is 9.59 Å². The molecule has 4 aliphatic carbocycles. The third kappa shape index (κ3) is 1.51. The number of esters is 1. The summed E-state index contributed by atoms with van der Waals surface area (Å²) >= 11 is 0. The Labute approximate surface area is 154 Å². The van der Waals surface area contributed by atoms with Crippen molar-refractivity contribution in [3.8, 4) is 0 Å². The monoisotopic (exact) mass is 356 g/mol. The molecule has 0 radical (unpaired) electrons. The van der Waals surface area contributed by atoms with E-state index in [1.165, 1.54) is 5.57 Å². The number of fused-ring (bicyclic) bond motifs is 4. The van der Waals surface area contributed by atoms with Crippen molar-refractivity contribution in [1.82, 2.24) is 0 Å². The summed E-state index contributed by atoms with van der Waals surface area (Å²) in [4.78, 5) is 24.0. The quantitative estimate of drug-likeness (QED) is 0.490. The van der Waals surface area contributed by atoms with Crippen LogP contribution in [0.4, 0.5) is 0 Å². The van der Waals surface area contributed by atoms with Gasteiger partial charge in [-0.1, -0.05) is 19.4 Å². The second-order valence-electron chi connectivity index (χ2n) is 10.2. The van der Waals surface area contributed by atoms with Crippen LogP contribution in [0.1, 0.15) is 71.6 Å². The lowest BCUT2D eigenvalue weighted by atomic mass is 9.46. The zero-order chi connectivity index (χ0) is 17.9. The number of carbonyl (C=O) groups is 2. The van der Waals surface area contributed by atoms with E-state index in [0.29, 0.717) is 30.5 Å².